The number of rotatable bonds is 3. The van der Waals surface area contributed by atoms with Gasteiger partial charge in [-0.2, -0.15) is 0 Å². The van der Waals surface area contributed by atoms with E-state index in [0.29, 0.717) is 5.75 Å². The molecule has 0 radical (unpaired) electrons. The van der Waals surface area contributed by atoms with Crippen LogP contribution < -0.4 is 9.84 Å². The van der Waals surface area contributed by atoms with E-state index in [4.69, 9.17) is 4.74 Å². The first-order chi connectivity index (χ1) is 9.75. The van der Waals surface area contributed by atoms with Crippen molar-refractivity contribution in [1.29, 1.82) is 0 Å². The van der Waals surface area contributed by atoms with Crippen molar-refractivity contribution in [2.75, 3.05) is 0 Å². The zero-order valence-corrected chi connectivity index (χ0v) is 10.6. The summed E-state index contributed by atoms with van der Waals surface area (Å²) < 4.78 is 5.76. The molecular formula is C17H11O3-. The lowest BCUT2D eigenvalue weighted by atomic mass is 10.1. The Bertz CT molecular complexity index is 773. The quantitative estimate of drug-likeness (QED) is 0.729. The molecule has 3 aromatic carbocycles. The van der Waals surface area contributed by atoms with Crippen molar-refractivity contribution in [1.82, 2.24) is 0 Å². The summed E-state index contributed by atoms with van der Waals surface area (Å²) in [6.45, 7) is 0. The fraction of sp³-hybridized carbons (Fsp3) is 0. The van der Waals surface area contributed by atoms with Gasteiger partial charge < -0.3 is 14.6 Å². The van der Waals surface area contributed by atoms with E-state index in [1.165, 1.54) is 6.07 Å². The van der Waals surface area contributed by atoms with Crippen molar-refractivity contribution in [2.24, 2.45) is 0 Å². The maximum absolute atomic E-state index is 11.1. The number of aromatic carboxylic acids is 1. The second-order valence-corrected chi connectivity index (χ2v) is 4.36. The van der Waals surface area contributed by atoms with E-state index in [9.17, 15) is 9.90 Å². The van der Waals surface area contributed by atoms with Gasteiger partial charge in [0.2, 0.25) is 0 Å². The zero-order valence-electron chi connectivity index (χ0n) is 10.6. The average Bonchev–Trinajstić information content (AvgIpc) is 2.48. The standard InChI is InChI=1S/C17H12O3/c18-17(19)14-9-3-4-10-16(14)20-15-11-5-7-12-6-1-2-8-13(12)15/h1-11H,(H,18,19)/p-1. The lowest BCUT2D eigenvalue weighted by Crippen LogP contribution is -2.22. The average molecular weight is 263 g/mol. The Morgan fingerprint density at radius 1 is 0.800 bits per heavy atom. The van der Waals surface area contributed by atoms with Gasteiger partial charge in [0.25, 0.3) is 0 Å². The Hall–Kier alpha value is -2.81. The highest BCUT2D eigenvalue weighted by Gasteiger charge is 2.07. The van der Waals surface area contributed by atoms with Crippen molar-refractivity contribution in [3.8, 4) is 11.5 Å². The molecule has 3 rings (SSSR count). The first-order valence-corrected chi connectivity index (χ1v) is 6.22. The van der Waals surface area contributed by atoms with Crippen molar-refractivity contribution in [2.45, 2.75) is 0 Å². The maximum atomic E-state index is 11.1. The van der Waals surface area contributed by atoms with Crippen LogP contribution in [0.3, 0.4) is 0 Å². The molecule has 0 saturated heterocycles. The first-order valence-electron chi connectivity index (χ1n) is 6.22. The predicted molar refractivity (Wildman–Crippen MR) is 74.8 cm³/mol. The summed E-state index contributed by atoms with van der Waals surface area (Å²) >= 11 is 0. The summed E-state index contributed by atoms with van der Waals surface area (Å²) in [6, 6.07) is 19.9. The van der Waals surface area contributed by atoms with Crippen LogP contribution in [0.2, 0.25) is 0 Å². The van der Waals surface area contributed by atoms with Crippen LogP contribution in [0.15, 0.2) is 66.7 Å². The van der Waals surface area contributed by atoms with E-state index >= 15 is 0 Å². The Labute approximate surface area is 116 Å². The van der Waals surface area contributed by atoms with Crippen molar-refractivity contribution in [3.05, 3.63) is 72.3 Å². The highest BCUT2D eigenvalue weighted by molar-refractivity contribution is 5.91. The predicted octanol–water partition coefficient (Wildman–Crippen LogP) is 3.00. The molecule has 0 saturated carbocycles. The minimum atomic E-state index is -1.25. The van der Waals surface area contributed by atoms with Gasteiger partial charge in [-0.15, -0.1) is 0 Å². The number of carboxylic acid groups (broad SMARTS) is 1. The third-order valence-corrected chi connectivity index (χ3v) is 3.08. The normalized spacial score (nSPS) is 10.4. The molecule has 3 aromatic rings. The second kappa shape index (κ2) is 5.05. The number of hydrogen-bond donors (Lipinski definition) is 0. The van der Waals surface area contributed by atoms with Crippen LogP contribution in [0.25, 0.3) is 10.8 Å². The molecule has 0 atom stereocenters. The van der Waals surface area contributed by atoms with Crippen molar-refractivity contribution < 1.29 is 14.6 Å². The van der Waals surface area contributed by atoms with Gasteiger partial charge in [-0.05, 0) is 23.6 Å². The van der Waals surface area contributed by atoms with Crippen LogP contribution in [0, 0.1) is 0 Å². The Balaban J connectivity index is 2.08. The van der Waals surface area contributed by atoms with Gasteiger partial charge in [0.05, 0.1) is 5.97 Å². The number of carboxylic acids is 1. The number of ether oxygens (including phenoxy) is 1. The molecule has 3 heteroatoms. The number of para-hydroxylation sites is 1. The van der Waals surface area contributed by atoms with Crippen LogP contribution in [-0.2, 0) is 0 Å². The number of carbonyl (C=O) groups excluding carboxylic acids is 1. The van der Waals surface area contributed by atoms with Gasteiger partial charge >= 0.3 is 0 Å². The van der Waals surface area contributed by atoms with Crippen LogP contribution in [0.5, 0.6) is 11.5 Å². The van der Waals surface area contributed by atoms with E-state index < -0.39 is 5.97 Å². The van der Waals surface area contributed by atoms with E-state index in [2.05, 4.69) is 0 Å². The summed E-state index contributed by atoms with van der Waals surface area (Å²) in [5, 5.41) is 13.1. The molecule has 0 bridgehead atoms. The van der Waals surface area contributed by atoms with Crippen LogP contribution >= 0.6 is 0 Å². The highest BCUT2D eigenvalue weighted by Crippen LogP contribution is 2.31. The van der Waals surface area contributed by atoms with E-state index in [-0.39, 0.29) is 11.3 Å². The van der Waals surface area contributed by atoms with Gasteiger partial charge in [-0.25, -0.2) is 0 Å². The molecule has 20 heavy (non-hydrogen) atoms. The molecule has 0 amide bonds. The van der Waals surface area contributed by atoms with Crippen LogP contribution in [0.1, 0.15) is 10.4 Å². The maximum Gasteiger partial charge on any atom is 0.136 e. The number of carbonyl (C=O) groups is 1. The Morgan fingerprint density at radius 2 is 1.45 bits per heavy atom. The fourth-order valence-electron chi connectivity index (χ4n) is 2.13. The topological polar surface area (TPSA) is 49.4 Å². The SMILES string of the molecule is O=C([O-])c1ccccc1Oc1cccc2ccccc12. The number of benzene rings is 3. The lowest BCUT2D eigenvalue weighted by Gasteiger charge is -2.13. The first kappa shape index (κ1) is 12.2. The molecule has 0 N–H and O–H groups in total. The van der Waals surface area contributed by atoms with Gasteiger partial charge in [0.15, 0.2) is 0 Å². The van der Waals surface area contributed by atoms with E-state index in [0.717, 1.165) is 10.8 Å². The van der Waals surface area contributed by atoms with Crippen molar-refractivity contribution >= 4 is 16.7 Å². The number of fused-ring (bicyclic) bond motifs is 1. The van der Waals surface area contributed by atoms with Gasteiger partial charge in [0.1, 0.15) is 11.5 Å². The molecule has 0 aliphatic rings. The highest BCUT2D eigenvalue weighted by atomic mass is 16.5. The molecule has 0 aliphatic heterocycles. The summed E-state index contributed by atoms with van der Waals surface area (Å²) in [5.41, 5.74) is 0.0421. The molecule has 0 spiro atoms. The molecular weight excluding hydrogens is 252 g/mol. The van der Waals surface area contributed by atoms with Crippen LogP contribution in [0.4, 0.5) is 0 Å². The molecule has 0 heterocycles. The number of hydrogen-bond acceptors (Lipinski definition) is 3. The molecule has 0 aliphatic carbocycles. The fourth-order valence-corrected chi connectivity index (χ4v) is 2.13. The van der Waals surface area contributed by atoms with Gasteiger partial charge in [-0.3, -0.25) is 0 Å². The zero-order chi connectivity index (χ0) is 13.9. The molecule has 98 valence electrons. The molecule has 0 unspecified atom stereocenters. The smallest absolute Gasteiger partial charge is 0.136 e. The third kappa shape index (κ3) is 2.21. The monoisotopic (exact) mass is 263 g/mol. The molecule has 0 fully saturated rings. The molecule has 0 aromatic heterocycles. The minimum Gasteiger partial charge on any atom is -0.545 e. The summed E-state index contributed by atoms with van der Waals surface area (Å²) in [5.74, 6) is -0.346. The Kier molecular flexibility index (Phi) is 3.09. The lowest BCUT2D eigenvalue weighted by molar-refractivity contribution is -0.255. The van der Waals surface area contributed by atoms with E-state index in [1.807, 2.05) is 42.5 Å². The largest absolute Gasteiger partial charge is 0.545 e. The second-order valence-electron chi connectivity index (χ2n) is 4.36. The Morgan fingerprint density at radius 3 is 2.30 bits per heavy atom. The van der Waals surface area contributed by atoms with Crippen molar-refractivity contribution in [3.63, 3.8) is 0 Å². The van der Waals surface area contributed by atoms with Gasteiger partial charge in [0, 0.05) is 10.9 Å². The molecule has 3 nitrogen and oxygen atoms in total. The summed E-state index contributed by atoms with van der Waals surface area (Å²) in [7, 11) is 0. The van der Waals surface area contributed by atoms with E-state index in [1.54, 1.807) is 18.2 Å². The minimum absolute atomic E-state index is 0.0421. The summed E-state index contributed by atoms with van der Waals surface area (Å²) in [6.07, 6.45) is 0. The summed E-state index contributed by atoms with van der Waals surface area (Å²) in [4.78, 5) is 11.1. The van der Waals surface area contributed by atoms with Crippen LogP contribution in [-0.4, -0.2) is 5.97 Å². The van der Waals surface area contributed by atoms with Gasteiger partial charge in [-0.1, -0.05) is 48.5 Å². The third-order valence-electron chi connectivity index (χ3n) is 3.08.